The van der Waals surface area contributed by atoms with Gasteiger partial charge >= 0.3 is 6.09 Å². The summed E-state index contributed by atoms with van der Waals surface area (Å²) in [5.74, 6) is 0.316. The number of hydrogen-bond donors (Lipinski definition) is 1. The number of anilines is 1. The predicted octanol–water partition coefficient (Wildman–Crippen LogP) is 2.74. The van der Waals surface area contributed by atoms with Crippen molar-refractivity contribution >= 4 is 17.7 Å². The van der Waals surface area contributed by atoms with Gasteiger partial charge in [0.25, 0.3) is 0 Å². The van der Waals surface area contributed by atoms with Gasteiger partial charge in [-0.2, -0.15) is 0 Å². The van der Waals surface area contributed by atoms with E-state index in [1.807, 2.05) is 38.1 Å². The maximum Gasteiger partial charge on any atom is 0.414 e. The van der Waals surface area contributed by atoms with E-state index in [1.54, 1.807) is 4.90 Å². The first kappa shape index (κ1) is 16.3. The fourth-order valence-corrected chi connectivity index (χ4v) is 2.42. The highest BCUT2D eigenvalue weighted by Crippen LogP contribution is 2.22. The molecule has 0 saturated carbocycles. The van der Waals surface area contributed by atoms with Gasteiger partial charge in [0, 0.05) is 12.1 Å². The number of aryl methyl sites for hydroxylation is 1. The highest BCUT2D eigenvalue weighted by molar-refractivity contribution is 5.89. The molecule has 1 fully saturated rings. The van der Waals surface area contributed by atoms with Crippen molar-refractivity contribution in [2.24, 2.45) is 5.92 Å². The van der Waals surface area contributed by atoms with Crippen LogP contribution in [0.15, 0.2) is 24.3 Å². The van der Waals surface area contributed by atoms with E-state index >= 15 is 0 Å². The molecule has 0 aliphatic carbocycles. The highest BCUT2D eigenvalue weighted by Gasteiger charge is 2.32. The summed E-state index contributed by atoms with van der Waals surface area (Å²) in [5.41, 5.74) is 2.06. The van der Waals surface area contributed by atoms with Gasteiger partial charge in [-0.05, 0) is 30.0 Å². The molecule has 1 unspecified atom stereocenters. The number of amides is 2. The van der Waals surface area contributed by atoms with Crippen LogP contribution < -0.4 is 10.2 Å². The van der Waals surface area contributed by atoms with Crippen molar-refractivity contribution in [1.29, 1.82) is 0 Å². The molecule has 1 heterocycles. The van der Waals surface area contributed by atoms with E-state index in [1.165, 1.54) is 5.56 Å². The number of rotatable bonds is 6. The van der Waals surface area contributed by atoms with Crippen molar-refractivity contribution < 1.29 is 14.3 Å². The Balaban J connectivity index is 1.88. The van der Waals surface area contributed by atoms with Crippen LogP contribution in [0, 0.1) is 5.92 Å². The summed E-state index contributed by atoms with van der Waals surface area (Å²) < 4.78 is 5.31. The summed E-state index contributed by atoms with van der Waals surface area (Å²) in [6.45, 7) is 6.91. The predicted molar refractivity (Wildman–Crippen MR) is 85.9 cm³/mol. The first-order valence-corrected chi connectivity index (χ1v) is 7.83. The van der Waals surface area contributed by atoms with E-state index in [2.05, 4.69) is 12.2 Å². The molecule has 1 N–H and O–H groups in total. The van der Waals surface area contributed by atoms with Gasteiger partial charge in [-0.1, -0.05) is 32.9 Å². The number of carbonyl (C=O) groups is 2. The van der Waals surface area contributed by atoms with Crippen molar-refractivity contribution in [2.45, 2.75) is 39.7 Å². The van der Waals surface area contributed by atoms with Crippen molar-refractivity contribution in [1.82, 2.24) is 5.32 Å². The van der Waals surface area contributed by atoms with Gasteiger partial charge in [0.1, 0.15) is 6.10 Å². The van der Waals surface area contributed by atoms with Gasteiger partial charge < -0.3 is 10.1 Å². The van der Waals surface area contributed by atoms with Crippen LogP contribution in [0.5, 0.6) is 0 Å². The minimum atomic E-state index is -0.354. The Hall–Kier alpha value is -2.04. The van der Waals surface area contributed by atoms with Crippen LogP contribution in [0.25, 0.3) is 0 Å². The maximum atomic E-state index is 12.0. The minimum Gasteiger partial charge on any atom is -0.442 e. The Labute approximate surface area is 131 Å². The molecule has 5 heteroatoms. The average molecular weight is 304 g/mol. The molecule has 2 amide bonds. The fourth-order valence-electron chi connectivity index (χ4n) is 2.42. The summed E-state index contributed by atoms with van der Waals surface area (Å²) in [6.07, 6.45) is 0.805. The molecule has 0 radical (unpaired) electrons. The third kappa shape index (κ3) is 4.23. The van der Waals surface area contributed by atoms with Crippen LogP contribution in [0.4, 0.5) is 10.5 Å². The molecule has 1 aromatic carbocycles. The zero-order valence-electron chi connectivity index (χ0n) is 13.5. The number of hydrogen-bond acceptors (Lipinski definition) is 3. The Kier molecular flexibility index (Phi) is 5.41. The molecule has 1 aliphatic heterocycles. The summed E-state index contributed by atoms with van der Waals surface area (Å²) >= 11 is 0. The van der Waals surface area contributed by atoms with Crippen molar-refractivity contribution in [3.8, 4) is 0 Å². The zero-order valence-corrected chi connectivity index (χ0v) is 13.5. The smallest absolute Gasteiger partial charge is 0.414 e. The highest BCUT2D eigenvalue weighted by atomic mass is 16.6. The summed E-state index contributed by atoms with van der Waals surface area (Å²) in [4.78, 5) is 25.2. The molecule has 120 valence electrons. The number of ether oxygens (including phenoxy) is 1. The SMILES string of the molecule is CCc1ccc(N2CC(CNC(=O)CC(C)C)OC2=O)cc1. The fraction of sp³-hybridized carbons (Fsp3) is 0.529. The molecule has 0 aromatic heterocycles. The normalized spacial score (nSPS) is 17.7. The van der Waals surface area contributed by atoms with Crippen LogP contribution >= 0.6 is 0 Å². The summed E-state index contributed by atoms with van der Waals surface area (Å²) in [5, 5.41) is 2.82. The van der Waals surface area contributed by atoms with Crippen LogP contribution in [-0.4, -0.2) is 31.2 Å². The lowest BCUT2D eigenvalue weighted by molar-refractivity contribution is -0.122. The number of carbonyl (C=O) groups excluding carboxylic acids is 2. The number of cyclic esters (lactones) is 1. The Morgan fingerprint density at radius 3 is 2.64 bits per heavy atom. The zero-order chi connectivity index (χ0) is 16.1. The molecule has 2 rings (SSSR count). The van der Waals surface area contributed by atoms with Crippen molar-refractivity contribution in [3.63, 3.8) is 0 Å². The first-order valence-electron chi connectivity index (χ1n) is 7.83. The topological polar surface area (TPSA) is 58.6 Å². The standard InChI is InChI=1S/C17H24N2O3/c1-4-13-5-7-14(8-6-13)19-11-15(22-17(19)21)10-18-16(20)9-12(2)3/h5-8,12,15H,4,9-11H2,1-3H3,(H,18,20). The van der Waals surface area contributed by atoms with Crippen molar-refractivity contribution in [3.05, 3.63) is 29.8 Å². The Morgan fingerprint density at radius 1 is 1.36 bits per heavy atom. The average Bonchev–Trinajstić information content (AvgIpc) is 2.86. The Morgan fingerprint density at radius 2 is 2.05 bits per heavy atom. The van der Waals surface area contributed by atoms with Gasteiger partial charge in [0.2, 0.25) is 5.91 Å². The van der Waals surface area contributed by atoms with Crippen LogP contribution in [-0.2, 0) is 16.0 Å². The first-order chi connectivity index (χ1) is 10.5. The van der Waals surface area contributed by atoms with Crippen LogP contribution in [0.2, 0.25) is 0 Å². The summed E-state index contributed by atoms with van der Waals surface area (Å²) in [7, 11) is 0. The molecule has 1 saturated heterocycles. The Bertz CT molecular complexity index is 525. The van der Waals surface area contributed by atoms with E-state index in [0.29, 0.717) is 25.4 Å². The molecular formula is C17H24N2O3. The van der Waals surface area contributed by atoms with Gasteiger partial charge in [0.05, 0.1) is 13.1 Å². The monoisotopic (exact) mass is 304 g/mol. The van der Waals surface area contributed by atoms with E-state index in [-0.39, 0.29) is 18.1 Å². The second kappa shape index (κ2) is 7.29. The van der Waals surface area contributed by atoms with Crippen LogP contribution in [0.3, 0.4) is 0 Å². The van der Waals surface area contributed by atoms with E-state index in [4.69, 9.17) is 4.74 Å². The van der Waals surface area contributed by atoms with Crippen molar-refractivity contribution in [2.75, 3.05) is 18.0 Å². The summed E-state index contributed by atoms with van der Waals surface area (Å²) in [6, 6.07) is 7.89. The lowest BCUT2D eigenvalue weighted by Crippen LogP contribution is -2.35. The third-order valence-electron chi connectivity index (χ3n) is 3.65. The largest absolute Gasteiger partial charge is 0.442 e. The molecule has 0 bridgehead atoms. The van der Waals surface area contributed by atoms with E-state index in [9.17, 15) is 9.59 Å². The second-order valence-electron chi connectivity index (χ2n) is 6.04. The number of nitrogens with one attached hydrogen (secondary N) is 1. The minimum absolute atomic E-state index is 0.00297. The number of nitrogens with zero attached hydrogens (tertiary/aromatic N) is 1. The molecular weight excluding hydrogens is 280 g/mol. The molecule has 5 nitrogen and oxygen atoms in total. The molecule has 1 aromatic rings. The third-order valence-corrected chi connectivity index (χ3v) is 3.65. The van der Waals surface area contributed by atoms with Gasteiger partial charge in [-0.25, -0.2) is 4.79 Å². The molecule has 22 heavy (non-hydrogen) atoms. The second-order valence-corrected chi connectivity index (χ2v) is 6.04. The molecule has 0 spiro atoms. The maximum absolute atomic E-state index is 12.0. The van der Waals surface area contributed by atoms with E-state index < -0.39 is 0 Å². The molecule has 1 atom stereocenters. The lowest BCUT2D eigenvalue weighted by Gasteiger charge is -2.13. The van der Waals surface area contributed by atoms with Gasteiger partial charge in [0.15, 0.2) is 0 Å². The lowest BCUT2D eigenvalue weighted by atomic mass is 10.1. The van der Waals surface area contributed by atoms with Gasteiger partial charge in [-0.3, -0.25) is 9.69 Å². The molecule has 1 aliphatic rings. The van der Waals surface area contributed by atoms with Crippen LogP contribution in [0.1, 0.15) is 32.8 Å². The van der Waals surface area contributed by atoms with Gasteiger partial charge in [-0.15, -0.1) is 0 Å². The quantitative estimate of drug-likeness (QED) is 0.879. The number of benzene rings is 1. The van der Waals surface area contributed by atoms with E-state index in [0.717, 1.165) is 12.1 Å².